The molecule has 0 bridgehead atoms. The summed E-state index contributed by atoms with van der Waals surface area (Å²) < 4.78 is 15.9. The lowest BCUT2D eigenvalue weighted by molar-refractivity contribution is 0.0697. The van der Waals surface area contributed by atoms with Crippen molar-refractivity contribution in [2.45, 2.75) is 0 Å². The van der Waals surface area contributed by atoms with Crippen molar-refractivity contribution in [3.63, 3.8) is 0 Å². The Morgan fingerprint density at radius 1 is 0.960 bits per heavy atom. The highest BCUT2D eigenvalue weighted by atomic mass is 16.5. The summed E-state index contributed by atoms with van der Waals surface area (Å²) in [5.41, 5.74) is 1.76. The monoisotopic (exact) mass is 339 g/mol. The number of carboxylic acid groups (broad SMARTS) is 1. The maximum absolute atomic E-state index is 10.9. The molecule has 0 saturated carbocycles. The largest absolute Gasteiger partial charge is 0.496 e. The molecule has 6 nitrogen and oxygen atoms in total. The van der Waals surface area contributed by atoms with Gasteiger partial charge in [0.25, 0.3) is 0 Å². The number of carbonyl (C=O) groups is 1. The number of methoxy groups -OCH3 is 3. The number of benzene rings is 2. The molecule has 2 aromatic rings. The van der Waals surface area contributed by atoms with Gasteiger partial charge in [-0.3, -0.25) is 0 Å². The number of allylic oxidation sites excluding steroid dienone is 1. The summed E-state index contributed by atoms with van der Waals surface area (Å²) in [4.78, 5) is 10.9. The van der Waals surface area contributed by atoms with Crippen LogP contribution in [-0.2, 0) is 0 Å². The first-order chi connectivity index (χ1) is 12.0. The lowest BCUT2D eigenvalue weighted by atomic mass is 10.0. The van der Waals surface area contributed by atoms with Crippen molar-refractivity contribution in [2.75, 3.05) is 21.3 Å². The van der Waals surface area contributed by atoms with Crippen LogP contribution in [-0.4, -0.2) is 32.4 Å². The third-order valence-corrected chi connectivity index (χ3v) is 3.60. The van der Waals surface area contributed by atoms with Crippen molar-refractivity contribution in [3.8, 4) is 23.3 Å². The minimum atomic E-state index is -1.02. The van der Waals surface area contributed by atoms with E-state index in [0.29, 0.717) is 33.9 Å². The molecule has 0 unspecified atom stereocenters. The number of nitrogens with zero attached hydrogens (tertiary/aromatic N) is 1. The zero-order valence-electron chi connectivity index (χ0n) is 14.1. The highest BCUT2D eigenvalue weighted by Crippen LogP contribution is 2.36. The van der Waals surface area contributed by atoms with Gasteiger partial charge in [0.05, 0.1) is 38.5 Å². The summed E-state index contributed by atoms with van der Waals surface area (Å²) in [6.07, 6.45) is 1.65. The van der Waals surface area contributed by atoms with Crippen LogP contribution in [0.4, 0.5) is 0 Å². The molecule has 0 radical (unpaired) electrons. The molecule has 2 rings (SSSR count). The number of ether oxygens (including phenoxy) is 3. The quantitative estimate of drug-likeness (QED) is 0.640. The number of nitriles is 1. The Bertz CT molecular complexity index is 847. The van der Waals surface area contributed by atoms with Gasteiger partial charge in [0.15, 0.2) is 11.5 Å². The molecule has 0 spiro atoms. The first-order valence-electron chi connectivity index (χ1n) is 7.29. The fourth-order valence-corrected chi connectivity index (χ4v) is 2.29. The normalized spacial score (nSPS) is 10.7. The minimum absolute atomic E-state index is 0.157. The summed E-state index contributed by atoms with van der Waals surface area (Å²) in [5.74, 6) is 0.525. The number of carboxylic acids is 1. The van der Waals surface area contributed by atoms with Gasteiger partial charge in [0, 0.05) is 11.6 Å². The molecule has 0 atom stereocenters. The zero-order valence-corrected chi connectivity index (χ0v) is 14.1. The van der Waals surface area contributed by atoms with E-state index in [-0.39, 0.29) is 5.56 Å². The van der Waals surface area contributed by atoms with Crippen molar-refractivity contribution < 1.29 is 24.1 Å². The van der Waals surface area contributed by atoms with E-state index in [1.165, 1.54) is 33.5 Å². The van der Waals surface area contributed by atoms with Crippen LogP contribution in [0.2, 0.25) is 0 Å². The average molecular weight is 339 g/mol. The Kier molecular flexibility index (Phi) is 5.64. The predicted molar refractivity (Wildman–Crippen MR) is 93.0 cm³/mol. The molecule has 128 valence electrons. The van der Waals surface area contributed by atoms with Gasteiger partial charge < -0.3 is 19.3 Å². The first kappa shape index (κ1) is 17.9. The second kappa shape index (κ2) is 7.88. The summed E-state index contributed by atoms with van der Waals surface area (Å²) in [7, 11) is 4.57. The number of rotatable bonds is 6. The van der Waals surface area contributed by atoms with E-state index in [9.17, 15) is 10.1 Å². The van der Waals surface area contributed by atoms with Crippen molar-refractivity contribution >= 4 is 17.6 Å². The topological polar surface area (TPSA) is 88.8 Å². The standard InChI is InChI=1S/C19H17NO5/c1-23-16-10-18(25-3)17(24-2)9-14(16)8-15(11-20)12-4-6-13(7-5-12)19(21)22/h4-10H,1-3H3,(H,21,22)/b15-8-. The van der Waals surface area contributed by atoms with E-state index in [4.69, 9.17) is 19.3 Å². The van der Waals surface area contributed by atoms with Crippen molar-refractivity contribution in [1.29, 1.82) is 5.26 Å². The Balaban J connectivity index is 2.52. The van der Waals surface area contributed by atoms with Gasteiger partial charge in [-0.15, -0.1) is 0 Å². The van der Waals surface area contributed by atoms with E-state index in [2.05, 4.69) is 6.07 Å². The highest BCUT2D eigenvalue weighted by Gasteiger charge is 2.12. The Morgan fingerprint density at radius 2 is 1.48 bits per heavy atom. The van der Waals surface area contributed by atoms with Gasteiger partial charge in [-0.1, -0.05) is 12.1 Å². The molecule has 0 saturated heterocycles. The molecular weight excluding hydrogens is 322 g/mol. The lowest BCUT2D eigenvalue weighted by Crippen LogP contribution is -1.96. The van der Waals surface area contributed by atoms with Crippen LogP contribution < -0.4 is 14.2 Å². The summed E-state index contributed by atoms with van der Waals surface area (Å²) >= 11 is 0. The van der Waals surface area contributed by atoms with Gasteiger partial charge in [0.1, 0.15) is 5.75 Å². The third kappa shape index (κ3) is 3.90. The van der Waals surface area contributed by atoms with Crippen LogP contribution in [0.25, 0.3) is 11.6 Å². The second-order valence-corrected chi connectivity index (χ2v) is 5.00. The summed E-state index contributed by atoms with van der Waals surface area (Å²) in [6, 6.07) is 11.6. The van der Waals surface area contributed by atoms with Gasteiger partial charge >= 0.3 is 5.97 Å². The predicted octanol–water partition coefficient (Wildman–Crippen LogP) is 3.47. The Morgan fingerprint density at radius 3 is 1.96 bits per heavy atom. The van der Waals surface area contributed by atoms with Crippen LogP contribution in [0.15, 0.2) is 36.4 Å². The Hall–Kier alpha value is -3.46. The second-order valence-electron chi connectivity index (χ2n) is 5.00. The smallest absolute Gasteiger partial charge is 0.335 e. The molecule has 0 aliphatic rings. The molecule has 0 fully saturated rings. The van der Waals surface area contributed by atoms with Crippen LogP contribution in [0.1, 0.15) is 21.5 Å². The highest BCUT2D eigenvalue weighted by molar-refractivity contribution is 5.93. The molecule has 0 heterocycles. The van der Waals surface area contributed by atoms with Gasteiger partial charge in [-0.2, -0.15) is 5.26 Å². The first-order valence-corrected chi connectivity index (χ1v) is 7.29. The lowest BCUT2D eigenvalue weighted by Gasteiger charge is -2.12. The molecule has 2 aromatic carbocycles. The molecular formula is C19H17NO5. The Labute approximate surface area is 145 Å². The average Bonchev–Trinajstić information content (AvgIpc) is 2.65. The van der Waals surface area contributed by atoms with Crippen LogP contribution in [0.3, 0.4) is 0 Å². The van der Waals surface area contributed by atoms with Crippen molar-refractivity contribution in [1.82, 2.24) is 0 Å². The van der Waals surface area contributed by atoms with E-state index in [0.717, 1.165) is 0 Å². The number of hydrogen-bond acceptors (Lipinski definition) is 5. The fourth-order valence-electron chi connectivity index (χ4n) is 2.29. The summed E-state index contributed by atoms with van der Waals surface area (Å²) in [5, 5.41) is 18.4. The van der Waals surface area contributed by atoms with Gasteiger partial charge in [0.2, 0.25) is 0 Å². The molecule has 1 N–H and O–H groups in total. The molecule has 0 aromatic heterocycles. The van der Waals surface area contributed by atoms with E-state index in [1.54, 1.807) is 30.3 Å². The van der Waals surface area contributed by atoms with Crippen molar-refractivity contribution in [2.24, 2.45) is 0 Å². The molecule has 25 heavy (non-hydrogen) atoms. The number of hydrogen-bond donors (Lipinski definition) is 1. The summed E-state index contributed by atoms with van der Waals surface area (Å²) in [6.45, 7) is 0. The molecule has 0 aliphatic carbocycles. The third-order valence-electron chi connectivity index (χ3n) is 3.60. The molecule has 0 amide bonds. The molecule has 6 heteroatoms. The minimum Gasteiger partial charge on any atom is -0.496 e. The van der Waals surface area contributed by atoms with E-state index < -0.39 is 5.97 Å². The van der Waals surface area contributed by atoms with E-state index >= 15 is 0 Å². The maximum Gasteiger partial charge on any atom is 0.335 e. The van der Waals surface area contributed by atoms with Crippen LogP contribution in [0.5, 0.6) is 17.2 Å². The van der Waals surface area contributed by atoms with Crippen molar-refractivity contribution in [3.05, 3.63) is 53.1 Å². The maximum atomic E-state index is 10.9. The zero-order chi connectivity index (χ0) is 18.4. The molecule has 0 aliphatic heterocycles. The van der Waals surface area contributed by atoms with Crippen LogP contribution >= 0.6 is 0 Å². The SMILES string of the molecule is COc1cc(OC)c(OC)cc1/C=C(/C#N)c1ccc(C(=O)O)cc1. The fraction of sp³-hybridized carbons (Fsp3) is 0.158. The number of aromatic carboxylic acids is 1. The van der Waals surface area contributed by atoms with Gasteiger partial charge in [-0.05, 0) is 29.8 Å². The van der Waals surface area contributed by atoms with Gasteiger partial charge in [-0.25, -0.2) is 4.79 Å². The van der Waals surface area contributed by atoms with E-state index in [1.807, 2.05) is 0 Å². The van der Waals surface area contributed by atoms with Crippen LogP contribution in [0, 0.1) is 11.3 Å².